The summed E-state index contributed by atoms with van der Waals surface area (Å²) in [6.07, 6.45) is 4.17. The highest BCUT2D eigenvalue weighted by atomic mass is 19.1. The van der Waals surface area contributed by atoms with E-state index in [4.69, 9.17) is 4.74 Å². The van der Waals surface area contributed by atoms with Crippen LogP contribution in [-0.4, -0.2) is 23.5 Å². The molecule has 0 bridgehead atoms. The molecule has 2 rings (SSSR count). The molecule has 1 N–H and O–H groups in total. The van der Waals surface area contributed by atoms with Crippen molar-refractivity contribution in [3.05, 3.63) is 65.7 Å². The number of carbonyl (C=O) groups excluding carboxylic acids is 2. The Morgan fingerprint density at radius 3 is 2.65 bits per heavy atom. The lowest BCUT2D eigenvalue weighted by atomic mass is 10.2. The van der Waals surface area contributed by atoms with Gasteiger partial charge in [-0.1, -0.05) is 12.1 Å². The van der Waals surface area contributed by atoms with Crippen molar-refractivity contribution < 1.29 is 18.7 Å². The second-order valence-corrected chi connectivity index (χ2v) is 4.53. The quantitative estimate of drug-likeness (QED) is 0.523. The van der Waals surface area contributed by atoms with Crippen molar-refractivity contribution in [3.63, 3.8) is 0 Å². The van der Waals surface area contributed by atoms with Gasteiger partial charge in [0.2, 0.25) is 5.95 Å². The van der Waals surface area contributed by atoms with Gasteiger partial charge in [0.15, 0.2) is 0 Å². The van der Waals surface area contributed by atoms with E-state index in [9.17, 15) is 14.0 Å². The average Bonchev–Trinajstić information content (AvgIpc) is 2.54. The van der Waals surface area contributed by atoms with Gasteiger partial charge in [0, 0.05) is 29.6 Å². The zero-order chi connectivity index (χ0) is 16.7. The van der Waals surface area contributed by atoms with Crippen LogP contribution in [0.25, 0.3) is 6.08 Å². The van der Waals surface area contributed by atoms with Gasteiger partial charge in [0.1, 0.15) is 0 Å². The van der Waals surface area contributed by atoms with E-state index < -0.39 is 17.8 Å². The van der Waals surface area contributed by atoms with E-state index in [-0.39, 0.29) is 5.56 Å². The van der Waals surface area contributed by atoms with Gasteiger partial charge in [-0.15, -0.1) is 0 Å². The highest BCUT2D eigenvalue weighted by Crippen LogP contribution is 2.12. The molecule has 0 radical (unpaired) electrons. The van der Waals surface area contributed by atoms with E-state index in [1.54, 1.807) is 37.3 Å². The molecular weight excluding hydrogens is 299 g/mol. The molecule has 1 aromatic carbocycles. The standard InChI is InChI=1S/C17H15FN2O3/c1-2-23-16(21)8-5-12-3-6-14(7-4-12)20-17(22)13-9-10-19-15(18)11-13/h3-11H,2H2,1H3,(H,20,22)/b8-5+. The molecule has 1 aromatic heterocycles. The minimum absolute atomic E-state index is 0.184. The van der Waals surface area contributed by atoms with Crippen molar-refractivity contribution in [2.45, 2.75) is 6.92 Å². The van der Waals surface area contributed by atoms with Crippen LogP contribution in [0.5, 0.6) is 0 Å². The molecule has 6 heteroatoms. The number of nitrogens with zero attached hydrogens (tertiary/aromatic N) is 1. The Hall–Kier alpha value is -3.02. The molecule has 23 heavy (non-hydrogen) atoms. The largest absolute Gasteiger partial charge is 0.463 e. The second-order valence-electron chi connectivity index (χ2n) is 4.53. The summed E-state index contributed by atoms with van der Waals surface area (Å²) in [4.78, 5) is 26.6. The fraction of sp³-hybridized carbons (Fsp3) is 0.118. The molecule has 1 heterocycles. The zero-order valence-corrected chi connectivity index (χ0v) is 12.5. The monoisotopic (exact) mass is 314 g/mol. The van der Waals surface area contributed by atoms with Gasteiger partial charge in [-0.2, -0.15) is 4.39 Å². The zero-order valence-electron chi connectivity index (χ0n) is 12.5. The number of anilines is 1. The molecule has 0 fully saturated rings. The van der Waals surface area contributed by atoms with Crippen LogP contribution >= 0.6 is 0 Å². The lowest BCUT2D eigenvalue weighted by Gasteiger charge is -2.05. The smallest absolute Gasteiger partial charge is 0.330 e. The number of amides is 1. The van der Waals surface area contributed by atoms with Gasteiger partial charge < -0.3 is 10.1 Å². The fourth-order valence-corrected chi connectivity index (χ4v) is 1.78. The summed E-state index contributed by atoms with van der Waals surface area (Å²) in [6.45, 7) is 2.06. The Bertz CT molecular complexity index is 727. The number of benzene rings is 1. The number of nitrogens with one attached hydrogen (secondary N) is 1. The van der Waals surface area contributed by atoms with Crippen LogP contribution in [0.1, 0.15) is 22.8 Å². The van der Waals surface area contributed by atoms with Gasteiger partial charge in [0.05, 0.1) is 6.61 Å². The van der Waals surface area contributed by atoms with Gasteiger partial charge in [0.25, 0.3) is 5.91 Å². The first-order valence-electron chi connectivity index (χ1n) is 6.96. The summed E-state index contributed by atoms with van der Waals surface area (Å²) in [6, 6.07) is 9.32. The van der Waals surface area contributed by atoms with Crippen molar-refractivity contribution in [1.29, 1.82) is 0 Å². The summed E-state index contributed by atoms with van der Waals surface area (Å²) in [5, 5.41) is 2.65. The minimum atomic E-state index is -0.711. The third-order valence-electron chi connectivity index (χ3n) is 2.86. The van der Waals surface area contributed by atoms with Crippen molar-refractivity contribution in [2.24, 2.45) is 0 Å². The highest BCUT2D eigenvalue weighted by molar-refractivity contribution is 6.04. The van der Waals surface area contributed by atoms with Crippen LogP contribution in [0, 0.1) is 5.95 Å². The van der Waals surface area contributed by atoms with Crippen LogP contribution in [-0.2, 0) is 9.53 Å². The Labute approximate surface area is 132 Å². The Balaban J connectivity index is 2.00. The van der Waals surface area contributed by atoms with E-state index in [1.165, 1.54) is 18.3 Å². The first-order chi connectivity index (χ1) is 11.1. The van der Waals surface area contributed by atoms with Crippen LogP contribution in [0.2, 0.25) is 0 Å². The Kier molecular flexibility index (Phi) is 5.57. The summed E-state index contributed by atoms with van der Waals surface area (Å²) < 4.78 is 17.8. The van der Waals surface area contributed by atoms with Crippen LogP contribution < -0.4 is 5.32 Å². The second kappa shape index (κ2) is 7.84. The van der Waals surface area contributed by atoms with E-state index >= 15 is 0 Å². The Morgan fingerprint density at radius 1 is 1.26 bits per heavy atom. The number of hydrogen-bond donors (Lipinski definition) is 1. The predicted octanol–water partition coefficient (Wildman–Crippen LogP) is 3.05. The number of aromatic nitrogens is 1. The molecule has 0 aliphatic carbocycles. The lowest BCUT2D eigenvalue weighted by Crippen LogP contribution is -2.12. The maximum Gasteiger partial charge on any atom is 0.330 e. The molecule has 0 aliphatic heterocycles. The fourth-order valence-electron chi connectivity index (χ4n) is 1.78. The number of rotatable bonds is 5. The minimum Gasteiger partial charge on any atom is -0.463 e. The van der Waals surface area contributed by atoms with Crippen LogP contribution in [0.4, 0.5) is 10.1 Å². The number of halogens is 1. The van der Waals surface area contributed by atoms with Crippen molar-refractivity contribution in [2.75, 3.05) is 11.9 Å². The third kappa shape index (κ3) is 5.03. The van der Waals surface area contributed by atoms with Gasteiger partial charge in [-0.05, 0) is 36.8 Å². The molecule has 2 aromatic rings. The first-order valence-corrected chi connectivity index (χ1v) is 6.96. The van der Waals surface area contributed by atoms with Gasteiger partial charge >= 0.3 is 5.97 Å². The molecule has 0 spiro atoms. The third-order valence-corrected chi connectivity index (χ3v) is 2.86. The number of pyridine rings is 1. The highest BCUT2D eigenvalue weighted by Gasteiger charge is 2.07. The number of ether oxygens (including phenoxy) is 1. The van der Waals surface area contributed by atoms with Gasteiger partial charge in [-0.25, -0.2) is 9.78 Å². The number of carbonyl (C=O) groups is 2. The van der Waals surface area contributed by atoms with E-state index in [0.29, 0.717) is 12.3 Å². The molecule has 118 valence electrons. The van der Waals surface area contributed by atoms with Crippen molar-refractivity contribution in [3.8, 4) is 0 Å². The maximum atomic E-state index is 13.0. The topological polar surface area (TPSA) is 68.3 Å². The molecule has 0 saturated heterocycles. The molecular formula is C17H15FN2O3. The van der Waals surface area contributed by atoms with Crippen molar-refractivity contribution in [1.82, 2.24) is 4.98 Å². The Morgan fingerprint density at radius 2 is 2.00 bits per heavy atom. The first kappa shape index (κ1) is 16.4. The summed E-state index contributed by atoms with van der Waals surface area (Å²) in [7, 11) is 0. The summed E-state index contributed by atoms with van der Waals surface area (Å²) in [5.74, 6) is -1.55. The molecule has 0 aliphatic rings. The number of esters is 1. The maximum absolute atomic E-state index is 13.0. The lowest BCUT2D eigenvalue weighted by molar-refractivity contribution is -0.137. The molecule has 0 saturated carbocycles. The van der Waals surface area contributed by atoms with Gasteiger partial charge in [-0.3, -0.25) is 4.79 Å². The molecule has 0 atom stereocenters. The number of hydrogen-bond acceptors (Lipinski definition) is 4. The molecule has 5 nitrogen and oxygen atoms in total. The SMILES string of the molecule is CCOC(=O)/C=C/c1ccc(NC(=O)c2ccnc(F)c2)cc1. The van der Waals surface area contributed by atoms with Crippen LogP contribution in [0.3, 0.4) is 0 Å². The normalized spacial score (nSPS) is 10.5. The molecule has 1 amide bonds. The average molecular weight is 314 g/mol. The molecule has 0 unspecified atom stereocenters. The predicted molar refractivity (Wildman–Crippen MR) is 84.3 cm³/mol. The summed E-state index contributed by atoms with van der Waals surface area (Å²) >= 11 is 0. The summed E-state index contributed by atoms with van der Waals surface area (Å²) in [5.41, 5.74) is 1.52. The van der Waals surface area contributed by atoms with Crippen molar-refractivity contribution >= 4 is 23.6 Å². The van der Waals surface area contributed by atoms with E-state index in [2.05, 4.69) is 10.3 Å². The van der Waals surface area contributed by atoms with E-state index in [0.717, 1.165) is 11.6 Å². The van der Waals surface area contributed by atoms with E-state index in [1.807, 2.05) is 0 Å². The van der Waals surface area contributed by atoms with Crippen LogP contribution in [0.15, 0.2) is 48.7 Å².